The predicted octanol–water partition coefficient (Wildman–Crippen LogP) is 2.73. The highest BCUT2D eigenvalue weighted by Gasteiger charge is 2.32. The lowest BCUT2D eigenvalue weighted by Gasteiger charge is -2.20. The zero-order chi connectivity index (χ0) is 15.3. The van der Waals surface area contributed by atoms with Gasteiger partial charge in [0.2, 0.25) is 0 Å². The fourth-order valence-electron chi connectivity index (χ4n) is 2.00. The molecule has 1 unspecified atom stereocenters. The van der Waals surface area contributed by atoms with Gasteiger partial charge in [-0.15, -0.1) is 13.2 Å². The molecule has 0 fully saturated rings. The number of rotatable bonds is 5. The maximum absolute atomic E-state index is 12.4. The van der Waals surface area contributed by atoms with Crippen LogP contribution in [0.5, 0.6) is 5.75 Å². The van der Waals surface area contributed by atoms with E-state index in [1.807, 2.05) is 6.07 Å². The molecular weight excluding hydrogens is 283 g/mol. The minimum atomic E-state index is -4.75. The Morgan fingerprint density at radius 3 is 2.57 bits per heavy atom. The van der Waals surface area contributed by atoms with Crippen LogP contribution in [0.15, 0.2) is 48.8 Å². The quantitative estimate of drug-likeness (QED) is 0.658. The van der Waals surface area contributed by atoms with E-state index < -0.39 is 12.4 Å². The summed E-state index contributed by atoms with van der Waals surface area (Å²) < 4.78 is 41.3. The number of hydrazine groups is 1. The van der Waals surface area contributed by atoms with Crippen LogP contribution in [0, 0.1) is 0 Å². The monoisotopic (exact) mass is 297 g/mol. The number of nitrogens with zero attached hydrogens (tertiary/aromatic N) is 1. The third-order valence-corrected chi connectivity index (χ3v) is 2.88. The normalized spacial score (nSPS) is 13.0. The molecule has 3 N–H and O–H groups in total. The molecule has 7 heteroatoms. The van der Waals surface area contributed by atoms with Crippen LogP contribution in [0.2, 0.25) is 0 Å². The highest BCUT2D eigenvalue weighted by molar-refractivity contribution is 5.37. The average molecular weight is 297 g/mol. The van der Waals surface area contributed by atoms with E-state index in [0.717, 1.165) is 5.56 Å². The van der Waals surface area contributed by atoms with Gasteiger partial charge < -0.3 is 4.74 Å². The van der Waals surface area contributed by atoms with Crippen LogP contribution in [0.25, 0.3) is 0 Å². The molecule has 1 heterocycles. The Bertz CT molecular complexity index is 575. The fraction of sp³-hybridized carbons (Fsp3) is 0.214. The average Bonchev–Trinajstić information content (AvgIpc) is 2.45. The number of nitrogens with two attached hydrogens (primary N) is 1. The molecule has 0 saturated heterocycles. The van der Waals surface area contributed by atoms with Crippen LogP contribution < -0.4 is 16.0 Å². The van der Waals surface area contributed by atoms with E-state index in [9.17, 15) is 13.2 Å². The Morgan fingerprint density at radius 2 is 1.95 bits per heavy atom. The maximum Gasteiger partial charge on any atom is 0.573 e. The van der Waals surface area contributed by atoms with Crippen LogP contribution >= 0.6 is 0 Å². The second kappa shape index (κ2) is 6.55. The zero-order valence-corrected chi connectivity index (χ0v) is 11.0. The number of hydrogen-bond acceptors (Lipinski definition) is 4. The number of para-hydroxylation sites is 1. The lowest BCUT2D eigenvalue weighted by molar-refractivity contribution is -0.275. The van der Waals surface area contributed by atoms with Gasteiger partial charge >= 0.3 is 6.36 Å². The highest BCUT2D eigenvalue weighted by atomic mass is 19.4. The lowest BCUT2D eigenvalue weighted by atomic mass is 9.99. The fourth-order valence-corrected chi connectivity index (χ4v) is 2.00. The first-order valence-electron chi connectivity index (χ1n) is 6.19. The number of halogens is 3. The van der Waals surface area contributed by atoms with Gasteiger partial charge in [-0.3, -0.25) is 16.3 Å². The smallest absolute Gasteiger partial charge is 0.405 e. The lowest BCUT2D eigenvalue weighted by Crippen LogP contribution is -2.30. The minimum absolute atomic E-state index is 0.267. The first-order valence-corrected chi connectivity index (χ1v) is 6.19. The predicted molar refractivity (Wildman–Crippen MR) is 71.1 cm³/mol. The van der Waals surface area contributed by atoms with Gasteiger partial charge in [0.05, 0.1) is 6.04 Å². The van der Waals surface area contributed by atoms with Crippen molar-refractivity contribution in [2.45, 2.75) is 18.8 Å². The van der Waals surface area contributed by atoms with E-state index in [4.69, 9.17) is 5.84 Å². The molecule has 1 aromatic heterocycles. The molecule has 0 amide bonds. The van der Waals surface area contributed by atoms with Crippen molar-refractivity contribution >= 4 is 0 Å². The molecule has 2 aromatic rings. The van der Waals surface area contributed by atoms with Crippen molar-refractivity contribution in [1.82, 2.24) is 10.4 Å². The molecular formula is C14H14F3N3O. The molecule has 0 spiro atoms. The van der Waals surface area contributed by atoms with Gasteiger partial charge in [0, 0.05) is 18.0 Å². The van der Waals surface area contributed by atoms with E-state index in [-0.39, 0.29) is 5.75 Å². The Labute approximate surface area is 119 Å². The Kier molecular flexibility index (Phi) is 4.77. The number of aromatic nitrogens is 1. The summed E-state index contributed by atoms with van der Waals surface area (Å²) >= 11 is 0. The van der Waals surface area contributed by atoms with Crippen molar-refractivity contribution in [2.75, 3.05) is 0 Å². The van der Waals surface area contributed by atoms with E-state index in [1.165, 1.54) is 12.1 Å². The molecule has 0 bridgehead atoms. The van der Waals surface area contributed by atoms with Crippen LogP contribution in [-0.2, 0) is 6.42 Å². The zero-order valence-electron chi connectivity index (χ0n) is 11.0. The van der Waals surface area contributed by atoms with Crippen molar-refractivity contribution in [3.05, 3.63) is 59.9 Å². The summed E-state index contributed by atoms with van der Waals surface area (Å²) in [4.78, 5) is 3.97. The summed E-state index contributed by atoms with van der Waals surface area (Å²) in [5.41, 5.74) is 3.70. The molecule has 112 valence electrons. The van der Waals surface area contributed by atoms with Crippen molar-refractivity contribution in [2.24, 2.45) is 5.84 Å². The highest BCUT2D eigenvalue weighted by Crippen LogP contribution is 2.31. The molecule has 0 radical (unpaired) electrons. The van der Waals surface area contributed by atoms with Crippen molar-refractivity contribution in [3.63, 3.8) is 0 Å². The SMILES string of the molecule is NNC(Cc1cccnc1)c1ccccc1OC(F)(F)F. The number of hydrogen-bond donors (Lipinski definition) is 2. The Morgan fingerprint density at radius 1 is 1.19 bits per heavy atom. The van der Waals surface area contributed by atoms with Crippen molar-refractivity contribution < 1.29 is 17.9 Å². The van der Waals surface area contributed by atoms with Crippen molar-refractivity contribution in [1.29, 1.82) is 0 Å². The largest absolute Gasteiger partial charge is 0.573 e. The molecule has 0 aliphatic carbocycles. The number of nitrogens with one attached hydrogen (secondary N) is 1. The van der Waals surface area contributed by atoms with Crippen LogP contribution in [0.4, 0.5) is 13.2 Å². The maximum atomic E-state index is 12.4. The van der Waals surface area contributed by atoms with Gasteiger partial charge in [0.25, 0.3) is 0 Å². The second-order valence-corrected chi connectivity index (χ2v) is 4.37. The standard InChI is InChI=1S/C14H14F3N3O/c15-14(16,17)21-13-6-2-1-5-11(13)12(20-18)8-10-4-3-7-19-9-10/h1-7,9,12,20H,8,18H2. The summed E-state index contributed by atoms with van der Waals surface area (Å²) in [6, 6.07) is 8.96. The number of benzene rings is 1. The number of ether oxygens (including phenoxy) is 1. The second-order valence-electron chi connectivity index (χ2n) is 4.37. The van der Waals surface area contributed by atoms with E-state index >= 15 is 0 Å². The van der Waals surface area contributed by atoms with Crippen molar-refractivity contribution in [3.8, 4) is 5.75 Å². The first kappa shape index (κ1) is 15.3. The van der Waals surface area contributed by atoms with Gasteiger partial charge in [0.1, 0.15) is 5.75 Å². The molecule has 1 atom stereocenters. The molecule has 4 nitrogen and oxygen atoms in total. The minimum Gasteiger partial charge on any atom is -0.405 e. The first-order chi connectivity index (χ1) is 9.99. The summed E-state index contributed by atoms with van der Waals surface area (Å²) in [6.07, 6.45) is -1.10. The van der Waals surface area contributed by atoms with E-state index in [1.54, 1.807) is 30.6 Å². The third-order valence-electron chi connectivity index (χ3n) is 2.88. The summed E-state index contributed by atoms with van der Waals surface area (Å²) in [5.74, 6) is 5.21. The Balaban J connectivity index is 2.26. The topological polar surface area (TPSA) is 60.2 Å². The molecule has 2 rings (SSSR count). The summed E-state index contributed by atoms with van der Waals surface area (Å²) in [5, 5.41) is 0. The molecule has 0 aliphatic heterocycles. The third kappa shape index (κ3) is 4.44. The van der Waals surface area contributed by atoms with Crippen LogP contribution in [-0.4, -0.2) is 11.3 Å². The van der Waals surface area contributed by atoms with Gasteiger partial charge in [-0.2, -0.15) is 0 Å². The van der Waals surface area contributed by atoms with E-state index in [2.05, 4.69) is 15.1 Å². The van der Waals surface area contributed by atoms with Crippen LogP contribution in [0.3, 0.4) is 0 Å². The molecule has 0 saturated carbocycles. The van der Waals surface area contributed by atoms with Gasteiger partial charge in [-0.05, 0) is 24.1 Å². The molecule has 1 aromatic carbocycles. The molecule has 0 aliphatic rings. The van der Waals surface area contributed by atoms with Gasteiger partial charge in [0.15, 0.2) is 0 Å². The summed E-state index contributed by atoms with van der Waals surface area (Å²) in [6.45, 7) is 0. The summed E-state index contributed by atoms with van der Waals surface area (Å²) in [7, 11) is 0. The Hall–Kier alpha value is -2.12. The molecule has 21 heavy (non-hydrogen) atoms. The number of alkyl halides is 3. The van der Waals surface area contributed by atoms with Gasteiger partial charge in [-0.1, -0.05) is 24.3 Å². The number of pyridine rings is 1. The van der Waals surface area contributed by atoms with Gasteiger partial charge in [-0.25, -0.2) is 0 Å². The van der Waals surface area contributed by atoms with Crippen LogP contribution in [0.1, 0.15) is 17.2 Å². The van der Waals surface area contributed by atoms with E-state index in [0.29, 0.717) is 12.0 Å².